The number of esters is 1. The molecule has 2 N–H and O–H groups in total. The summed E-state index contributed by atoms with van der Waals surface area (Å²) < 4.78 is 10.1. The van der Waals surface area contributed by atoms with Crippen LogP contribution in [0.25, 0.3) is 0 Å². The van der Waals surface area contributed by atoms with Crippen LogP contribution in [0.3, 0.4) is 0 Å². The molecule has 0 aromatic carbocycles. The van der Waals surface area contributed by atoms with E-state index in [0.717, 1.165) is 0 Å². The number of carbonyl (C=O) groups excluding carboxylic acids is 2. The van der Waals surface area contributed by atoms with E-state index >= 15 is 0 Å². The lowest BCUT2D eigenvalue weighted by molar-refractivity contribution is -0.168. The standard InChI is InChI=1S/C13H22N2O4/c1-11(2,3)19-10(17)15-13-5-12(6-13,7-14-8-13)9(16)18-4/h14H,5-8H2,1-4H3,(H,15,17). The number of fused-ring (bicyclic) bond motifs is 2. The Bertz CT molecular complexity index is 394. The molecule has 3 fully saturated rings. The number of hydrogen-bond acceptors (Lipinski definition) is 5. The molecule has 6 heteroatoms. The highest BCUT2D eigenvalue weighted by Gasteiger charge is 2.63. The number of alkyl carbamates (subject to hydrolysis) is 1. The lowest BCUT2D eigenvalue weighted by atomic mass is 9.54. The smallest absolute Gasteiger partial charge is 0.408 e. The molecule has 0 spiro atoms. The van der Waals surface area contributed by atoms with Gasteiger partial charge in [-0.15, -0.1) is 0 Å². The SMILES string of the molecule is COC(=O)C12CNCC(NC(=O)OC(C)(C)C)(C1)C2. The number of ether oxygens (including phenoxy) is 2. The van der Waals surface area contributed by atoms with Crippen molar-refractivity contribution in [3.63, 3.8) is 0 Å². The molecule has 0 aromatic heterocycles. The normalized spacial score (nSPS) is 33.1. The van der Waals surface area contributed by atoms with Crippen molar-refractivity contribution in [2.24, 2.45) is 5.41 Å². The van der Waals surface area contributed by atoms with Crippen molar-refractivity contribution >= 4 is 12.1 Å². The molecule has 2 bridgehead atoms. The fraction of sp³-hybridized carbons (Fsp3) is 0.846. The van der Waals surface area contributed by atoms with E-state index in [2.05, 4.69) is 10.6 Å². The van der Waals surface area contributed by atoms with Gasteiger partial charge in [-0.1, -0.05) is 0 Å². The number of piperidine rings is 2. The molecule has 2 heterocycles. The van der Waals surface area contributed by atoms with Crippen LogP contribution >= 0.6 is 0 Å². The third kappa shape index (κ3) is 2.68. The van der Waals surface area contributed by atoms with Crippen molar-refractivity contribution in [2.75, 3.05) is 20.2 Å². The van der Waals surface area contributed by atoms with E-state index in [4.69, 9.17) is 9.47 Å². The predicted molar refractivity (Wildman–Crippen MR) is 68.7 cm³/mol. The Morgan fingerprint density at radius 1 is 1.21 bits per heavy atom. The molecule has 6 nitrogen and oxygen atoms in total. The van der Waals surface area contributed by atoms with Gasteiger partial charge in [-0.25, -0.2) is 4.79 Å². The molecule has 108 valence electrons. The molecule has 0 aromatic rings. The molecule has 19 heavy (non-hydrogen) atoms. The highest BCUT2D eigenvalue weighted by atomic mass is 16.6. The molecule has 0 atom stereocenters. The van der Waals surface area contributed by atoms with Gasteiger partial charge in [0.05, 0.1) is 18.1 Å². The minimum atomic E-state index is -0.522. The largest absolute Gasteiger partial charge is 0.469 e. The van der Waals surface area contributed by atoms with Crippen molar-refractivity contribution in [1.82, 2.24) is 10.6 Å². The molecule has 0 unspecified atom stereocenters. The van der Waals surface area contributed by atoms with Crippen molar-refractivity contribution in [2.45, 2.75) is 44.8 Å². The number of amides is 1. The average Bonchev–Trinajstić information content (AvgIpc) is 2.24. The maximum Gasteiger partial charge on any atom is 0.408 e. The molecule has 2 aliphatic heterocycles. The zero-order valence-electron chi connectivity index (χ0n) is 12.0. The first-order chi connectivity index (χ1) is 8.70. The summed E-state index contributed by atoms with van der Waals surface area (Å²) in [6, 6.07) is 0. The number of nitrogens with one attached hydrogen (secondary N) is 2. The molecule has 1 saturated carbocycles. The van der Waals surface area contributed by atoms with E-state index in [9.17, 15) is 9.59 Å². The van der Waals surface area contributed by atoms with Crippen LogP contribution in [0.4, 0.5) is 4.79 Å². The molecule has 0 radical (unpaired) electrons. The van der Waals surface area contributed by atoms with Crippen LogP contribution in [0.1, 0.15) is 33.6 Å². The summed E-state index contributed by atoms with van der Waals surface area (Å²) in [5, 5.41) is 6.07. The molecule has 3 aliphatic rings. The lowest BCUT2D eigenvalue weighted by Crippen LogP contribution is -2.75. The predicted octanol–water partition coefficient (Wildman–Crippen LogP) is 0.806. The second kappa shape index (κ2) is 4.37. The monoisotopic (exact) mass is 270 g/mol. The van der Waals surface area contributed by atoms with Gasteiger partial charge in [-0.05, 0) is 33.6 Å². The van der Waals surface area contributed by atoms with Crippen LogP contribution in [-0.4, -0.2) is 43.4 Å². The van der Waals surface area contributed by atoms with Crippen LogP contribution in [0.15, 0.2) is 0 Å². The van der Waals surface area contributed by atoms with Crippen molar-refractivity contribution < 1.29 is 19.1 Å². The maximum atomic E-state index is 11.8. The maximum absolute atomic E-state index is 11.8. The number of rotatable bonds is 2. The van der Waals surface area contributed by atoms with Gasteiger partial charge in [0.2, 0.25) is 0 Å². The van der Waals surface area contributed by atoms with Crippen LogP contribution in [0, 0.1) is 5.41 Å². The first-order valence-electron chi connectivity index (χ1n) is 6.51. The third-order valence-corrected chi connectivity index (χ3v) is 3.66. The fourth-order valence-electron chi connectivity index (χ4n) is 3.12. The van der Waals surface area contributed by atoms with Gasteiger partial charge in [0.1, 0.15) is 5.60 Å². The minimum absolute atomic E-state index is 0.207. The number of carbonyl (C=O) groups is 2. The Balaban J connectivity index is 1.96. The quantitative estimate of drug-likeness (QED) is 0.726. The van der Waals surface area contributed by atoms with E-state index in [1.54, 1.807) is 0 Å². The summed E-state index contributed by atoms with van der Waals surface area (Å²) in [4.78, 5) is 23.6. The van der Waals surface area contributed by atoms with E-state index in [1.165, 1.54) is 7.11 Å². The minimum Gasteiger partial charge on any atom is -0.469 e. The lowest BCUT2D eigenvalue weighted by Gasteiger charge is -2.58. The van der Waals surface area contributed by atoms with Crippen molar-refractivity contribution in [3.8, 4) is 0 Å². The topological polar surface area (TPSA) is 76.7 Å². The van der Waals surface area contributed by atoms with Crippen LogP contribution in [0.5, 0.6) is 0 Å². The molecule has 3 rings (SSSR count). The van der Waals surface area contributed by atoms with Crippen LogP contribution in [-0.2, 0) is 14.3 Å². The van der Waals surface area contributed by atoms with Crippen LogP contribution < -0.4 is 10.6 Å². The highest BCUT2D eigenvalue weighted by Crippen LogP contribution is 2.51. The first kappa shape index (κ1) is 14.1. The highest BCUT2D eigenvalue weighted by molar-refractivity contribution is 5.80. The summed E-state index contributed by atoms with van der Waals surface area (Å²) in [6.07, 6.45) is 0.785. The van der Waals surface area contributed by atoms with Gasteiger partial charge >= 0.3 is 12.1 Å². The number of methoxy groups -OCH3 is 1. The van der Waals surface area contributed by atoms with Gasteiger partial charge in [0, 0.05) is 13.1 Å². The van der Waals surface area contributed by atoms with E-state index in [-0.39, 0.29) is 11.5 Å². The average molecular weight is 270 g/mol. The summed E-state index contributed by atoms with van der Waals surface area (Å²) in [7, 11) is 1.40. The second-order valence-corrected chi connectivity index (χ2v) is 6.64. The van der Waals surface area contributed by atoms with Crippen LogP contribution in [0.2, 0.25) is 0 Å². The van der Waals surface area contributed by atoms with Gasteiger partial charge in [0.15, 0.2) is 0 Å². The van der Waals surface area contributed by atoms with Crippen molar-refractivity contribution in [3.05, 3.63) is 0 Å². The van der Waals surface area contributed by atoms with Gasteiger partial charge in [0.25, 0.3) is 0 Å². The van der Waals surface area contributed by atoms with E-state index in [1.807, 2.05) is 20.8 Å². The zero-order valence-corrected chi connectivity index (χ0v) is 12.0. The zero-order chi connectivity index (χ0) is 14.3. The molecule has 2 saturated heterocycles. The van der Waals surface area contributed by atoms with E-state index in [0.29, 0.717) is 25.9 Å². The van der Waals surface area contributed by atoms with Gasteiger partial charge < -0.3 is 20.1 Å². The van der Waals surface area contributed by atoms with Crippen molar-refractivity contribution in [1.29, 1.82) is 0 Å². The van der Waals surface area contributed by atoms with Gasteiger partial charge in [-0.2, -0.15) is 0 Å². The molecular weight excluding hydrogens is 248 g/mol. The Hall–Kier alpha value is -1.30. The number of hydrogen-bond donors (Lipinski definition) is 2. The Morgan fingerprint density at radius 3 is 2.37 bits per heavy atom. The molecular formula is C13H22N2O4. The van der Waals surface area contributed by atoms with E-state index < -0.39 is 17.1 Å². The van der Waals surface area contributed by atoms with Gasteiger partial charge in [-0.3, -0.25) is 4.79 Å². The third-order valence-electron chi connectivity index (χ3n) is 3.66. The summed E-state index contributed by atoms with van der Waals surface area (Å²) >= 11 is 0. The summed E-state index contributed by atoms with van der Waals surface area (Å²) in [5.74, 6) is -0.207. The Morgan fingerprint density at radius 2 is 1.84 bits per heavy atom. The Labute approximate surface area is 113 Å². The fourth-order valence-corrected chi connectivity index (χ4v) is 3.12. The molecule has 1 aliphatic carbocycles. The Kier molecular flexibility index (Phi) is 3.24. The molecule has 1 amide bonds. The summed E-state index contributed by atoms with van der Waals surface area (Å²) in [5.41, 5.74) is -1.39. The first-order valence-corrected chi connectivity index (χ1v) is 6.51. The summed E-state index contributed by atoms with van der Waals surface area (Å²) in [6.45, 7) is 6.73. The second-order valence-electron chi connectivity index (χ2n) is 6.64.